The molecule has 204 valence electrons. The van der Waals surface area contributed by atoms with Crippen molar-refractivity contribution in [3.63, 3.8) is 0 Å². The molecule has 2 heterocycles. The smallest absolute Gasteiger partial charge is 0.214 e. The van der Waals surface area contributed by atoms with Gasteiger partial charge in [0.15, 0.2) is 34.6 Å². The van der Waals surface area contributed by atoms with E-state index >= 15 is 0 Å². The quantitative estimate of drug-likeness (QED) is 0.182. The molecule has 4 aromatic rings. The molecule has 2 aromatic heterocycles. The van der Waals surface area contributed by atoms with Crippen molar-refractivity contribution in [1.82, 2.24) is 29.7 Å². The molecule has 14 nitrogen and oxygen atoms in total. The first-order valence-corrected chi connectivity index (χ1v) is 11.5. The van der Waals surface area contributed by atoms with Gasteiger partial charge in [0.2, 0.25) is 21.0 Å². The molecule has 38 heavy (non-hydrogen) atoms. The zero-order valence-corrected chi connectivity index (χ0v) is 23.2. The van der Waals surface area contributed by atoms with Crippen LogP contribution in [-0.2, 0) is 0 Å². The molecule has 4 rings (SSSR count). The van der Waals surface area contributed by atoms with Crippen LogP contribution in [0.2, 0.25) is 0 Å². The van der Waals surface area contributed by atoms with Gasteiger partial charge in [0, 0.05) is 11.1 Å². The van der Waals surface area contributed by atoms with Gasteiger partial charge in [-0.05, 0) is 48.7 Å². The maximum atomic E-state index is 5.79. The Balaban J connectivity index is 0.000000211. The number of nitrogens with one attached hydrogen (secondary N) is 2. The summed E-state index contributed by atoms with van der Waals surface area (Å²) in [4.78, 5) is 0. The lowest BCUT2D eigenvalue weighted by Crippen LogP contribution is -2.10. The van der Waals surface area contributed by atoms with Crippen LogP contribution < -0.4 is 40.1 Å². The highest BCUT2D eigenvalue weighted by Crippen LogP contribution is 2.41. The molecule has 0 fully saturated rings. The van der Waals surface area contributed by atoms with E-state index in [2.05, 4.69) is 20.4 Å². The molecule has 0 bridgehead atoms. The highest BCUT2D eigenvalue weighted by Gasteiger charge is 2.18. The summed E-state index contributed by atoms with van der Waals surface area (Å²) in [5.74, 6) is 15.6. The van der Waals surface area contributed by atoms with Crippen molar-refractivity contribution in [2.24, 2.45) is 0 Å². The fourth-order valence-electron chi connectivity index (χ4n) is 3.44. The van der Waals surface area contributed by atoms with E-state index < -0.39 is 0 Å². The number of ether oxygens (including phenoxy) is 6. The highest BCUT2D eigenvalue weighted by atomic mass is 32.1. The molecule has 6 N–H and O–H groups in total. The first-order valence-electron chi connectivity index (χ1n) is 10.7. The molecule has 0 unspecified atom stereocenters. The molecular formula is C22H28N8O6S2. The van der Waals surface area contributed by atoms with Crippen LogP contribution in [0.1, 0.15) is 0 Å². The van der Waals surface area contributed by atoms with E-state index in [0.717, 1.165) is 0 Å². The monoisotopic (exact) mass is 564 g/mol. The average Bonchev–Trinajstić information content (AvgIpc) is 3.46. The summed E-state index contributed by atoms with van der Waals surface area (Å²) in [6.07, 6.45) is 0. The van der Waals surface area contributed by atoms with Crippen LogP contribution in [0.4, 0.5) is 0 Å². The number of nitrogen functional groups attached to an aromatic ring is 2. The van der Waals surface area contributed by atoms with E-state index in [4.69, 9.17) is 64.5 Å². The molecule has 0 aliphatic rings. The van der Waals surface area contributed by atoms with Crippen molar-refractivity contribution < 1.29 is 28.4 Å². The summed E-state index contributed by atoms with van der Waals surface area (Å²) in [5, 5.41) is 13.4. The van der Waals surface area contributed by atoms with Gasteiger partial charge >= 0.3 is 0 Å². The van der Waals surface area contributed by atoms with Gasteiger partial charge in [-0.1, -0.05) is 0 Å². The fraction of sp³-hybridized carbons (Fsp3) is 0.273. The molecule has 0 radical (unpaired) electrons. The molecule has 0 aliphatic carbocycles. The van der Waals surface area contributed by atoms with E-state index in [1.54, 1.807) is 66.9 Å². The van der Waals surface area contributed by atoms with Crippen molar-refractivity contribution in [2.45, 2.75) is 0 Å². The minimum atomic E-state index is 0.323. The number of hydrogen-bond donors (Lipinski definition) is 4. The van der Waals surface area contributed by atoms with E-state index in [-0.39, 0.29) is 0 Å². The molecule has 16 heteroatoms. The van der Waals surface area contributed by atoms with Gasteiger partial charge in [-0.2, -0.15) is 10.2 Å². The van der Waals surface area contributed by atoms with E-state index in [1.807, 2.05) is 0 Å². The second-order valence-corrected chi connectivity index (χ2v) is 8.05. The van der Waals surface area contributed by atoms with Crippen molar-refractivity contribution in [3.05, 3.63) is 33.8 Å². The second-order valence-electron chi connectivity index (χ2n) is 7.27. The summed E-state index contributed by atoms with van der Waals surface area (Å²) >= 11 is 9.96. The highest BCUT2D eigenvalue weighted by molar-refractivity contribution is 7.71. The predicted molar refractivity (Wildman–Crippen MR) is 145 cm³/mol. The Bertz CT molecular complexity index is 1360. The number of methoxy groups -OCH3 is 6. The Morgan fingerprint density at radius 3 is 1.05 bits per heavy atom. The third-order valence-corrected chi connectivity index (χ3v) is 5.83. The first kappa shape index (κ1) is 28.1. The minimum Gasteiger partial charge on any atom is -0.493 e. The van der Waals surface area contributed by atoms with Gasteiger partial charge in [0.1, 0.15) is 0 Å². The van der Waals surface area contributed by atoms with Crippen LogP contribution in [0.25, 0.3) is 22.8 Å². The number of benzene rings is 2. The van der Waals surface area contributed by atoms with Gasteiger partial charge in [-0.25, -0.2) is 19.5 Å². The van der Waals surface area contributed by atoms with Crippen LogP contribution in [-0.4, -0.2) is 72.4 Å². The lowest BCUT2D eigenvalue weighted by molar-refractivity contribution is 0.324. The minimum absolute atomic E-state index is 0.323. The fourth-order valence-corrected chi connectivity index (χ4v) is 3.70. The van der Waals surface area contributed by atoms with Crippen molar-refractivity contribution in [2.75, 3.05) is 54.3 Å². The van der Waals surface area contributed by atoms with E-state index in [0.29, 0.717) is 66.8 Å². The van der Waals surface area contributed by atoms with Crippen molar-refractivity contribution >= 4 is 24.4 Å². The Labute approximate surface area is 227 Å². The summed E-state index contributed by atoms with van der Waals surface area (Å²) in [5.41, 5.74) is 1.40. The van der Waals surface area contributed by atoms with Crippen LogP contribution in [0.3, 0.4) is 0 Å². The molecule has 0 spiro atoms. The van der Waals surface area contributed by atoms with Crippen LogP contribution in [0.5, 0.6) is 34.5 Å². The normalized spacial score (nSPS) is 10.3. The van der Waals surface area contributed by atoms with Crippen LogP contribution in [0, 0.1) is 9.54 Å². The van der Waals surface area contributed by atoms with Crippen molar-refractivity contribution in [3.8, 4) is 57.3 Å². The van der Waals surface area contributed by atoms with Gasteiger partial charge in [0.25, 0.3) is 0 Å². The van der Waals surface area contributed by atoms with Gasteiger partial charge in [0.05, 0.1) is 42.7 Å². The standard InChI is InChI=1S/2C11H14N4O3S/c2*1-16-7-4-6(5-8(17-2)9(7)18-3)10-13-14-11(19)15(10)12/h2*4-5H,12H2,1-3H3,(H,14,19). The van der Waals surface area contributed by atoms with Crippen LogP contribution >= 0.6 is 24.4 Å². The van der Waals surface area contributed by atoms with Crippen molar-refractivity contribution in [1.29, 1.82) is 0 Å². The molecule has 0 saturated heterocycles. The number of nitrogens with zero attached hydrogens (tertiary/aromatic N) is 4. The lowest BCUT2D eigenvalue weighted by Gasteiger charge is -2.13. The van der Waals surface area contributed by atoms with Crippen LogP contribution in [0.15, 0.2) is 24.3 Å². The lowest BCUT2D eigenvalue weighted by atomic mass is 10.1. The second kappa shape index (κ2) is 12.2. The maximum absolute atomic E-state index is 5.79. The largest absolute Gasteiger partial charge is 0.493 e. The molecule has 0 saturated carbocycles. The number of aromatic amines is 2. The van der Waals surface area contributed by atoms with E-state index in [1.165, 1.54) is 9.35 Å². The third kappa shape index (κ3) is 5.45. The number of aromatic nitrogens is 6. The molecule has 0 atom stereocenters. The Hall–Kier alpha value is -4.44. The summed E-state index contributed by atoms with van der Waals surface area (Å²) < 4.78 is 34.8. The van der Waals surface area contributed by atoms with Gasteiger partial charge in [-0.3, -0.25) is 0 Å². The molecular weight excluding hydrogens is 536 g/mol. The molecule has 0 aliphatic heterocycles. The Kier molecular flexibility index (Phi) is 9.03. The average molecular weight is 565 g/mol. The number of H-pyrrole nitrogens is 2. The first-order chi connectivity index (χ1) is 18.2. The number of hydrogen-bond acceptors (Lipinski definition) is 12. The maximum Gasteiger partial charge on any atom is 0.214 e. The molecule has 0 amide bonds. The number of rotatable bonds is 8. The predicted octanol–water partition coefficient (Wildman–Crippen LogP) is 2.69. The topological polar surface area (TPSA) is 175 Å². The summed E-state index contributed by atoms with van der Waals surface area (Å²) in [6.45, 7) is 0. The Morgan fingerprint density at radius 2 is 0.868 bits per heavy atom. The zero-order chi connectivity index (χ0) is 28.0. The Morgan fingerprint density at radius 1 is 0.579 bits per heavy atom. The molecule has 2 aromatic carbocycles. The SMILES string of the molecule is COc1cc(-c2n[nH]c(=S)n2N)cc(OC)c1OC.COc1cc(-c2n[nH]c(=S)n2N)cc(OC)c1OC. The zero-order valence-electron chi connectivity index (χ0n) is 21.5. The summed E-state index contributed by atoms with van der Waals surface area (Å²) in [7, 11) is 9.25. The van der Waals surface area contributed by atoms with Gasteiger partial charge in [-0.15, -0.1) is 0 Å². The summed E-state index contributed by atoms with van der Waals surface area (Å²) in [6, 6.07) is 6.98. The van der Waals surface area contributed by atoms with E-state index in [9.17, 15) is 0 Å². The number of nitrogens with two attached hydrogens (primary N) is 2. The third-order valence-electron chi connectivity index (χ3n) is 5.25. The van der Waals surface area contributed by atoms with Gasteiger partial charge < -0.3 is 40.1 Å².